The lowest BCUT2D eigenvalue weighted by Crippen LogP contribution is -2.42. The van der Waals surface area contributed by atoms with Crippen molar-refractivity contribution < 1.29 is 4.79 Å². The van der Waals surface area contributed by atoms with E-state index in [1.807, 2.05) is 17.9 Å². The van der Waals surface area contributed by atoms with Gasteiger partial charge in [0.2, 0.25) is 0 Å². The minimum Gasteiger partial charge on any atom is -0.384 e. The van der Waals surface area contributed by atoms with E-state index < -0.39 is 0 Å². The maximum atomic E-state index is 12.6. The minimum absolute atomic E-state index is 0.0898. The van der Waals surface area contributed by atoms with E-state index in [9.17, 15) is 4.79 Å². The summed E-state index contributed by atoms with van der Waals surface area (Å²) in [4.78, 5) is 18.7. The maximum absolute atomic E-state index is 12.6. The molecule has 1 saturated heterocycles. The molecule has 0 spiro atoms. The summed E-state index contributed by atoms with van der Waals surface area (Å²) < 4.78 is 0. The maximum Gasteiger partial charge on any atom is 0.254 e. The van der Waals surface area contributed by atoms with E-state index in [0.717, 1.165) is 38.0 Å². The van der Waals surface area contributed by atoms with Crippen molar-refractivity contribution in [2.45, 2.75) is 46.5 Å². The van der Waals surface area contributed by atoms with Gasteiger partial charge in [0.15, 0.2) is 0 Å². The van der Waals surface area contributed by atoms with Gasteiger partial charge in [-0.3, -0.25) is 4.79 Å². The number of pyridine rings is 1. The standard InChI is InChI=1S/C16H25N3O/c1-4-13-10-12(11-14(17)18-13)15(20)19-8-6-16(3,5-2)7-9-19/h10-11H,4-9H2,1-3H3,(H2,17,18). The summed E-state index contributed by atoms with van der Waals surface area (Å²) in [6.45, 7) is 8.24. The van der Waals surface area contributed by atoms with Crippen LogP contribution in [0.25, 0.3) is 0 Å². The number of carbonyl (C=O) groups is 1. The number of nitrogen functional groups attached to an aromatic ring is 1. The molecule has 0 aliphatic carbocycles. The largest absolute Gasteiger partial charge is 0.384 e. The monoisotopic (exact) mass is 275 g/mol. The predicted octanol–water partition coefficient (Wildman–Crippen LogP) is 2.88. The Bertz CT molecular complexity index is 490. The van der Waals surface area contributed by atoms with Gasteiger partial charge in [0.05, 0.1) is 0 Å². The average molecular weight is 275 g/mol. The van der Waals surface area contributed by atoms with Crippen molar-refractivity contribution in [3.05, 3.63) is 23.4 Å². The third-order valence-corrected chi connectivity index (χ3v) is 4.62. The van der Waals surface area contributed by atoms with Crippen molar-refractivity contribution >= 4 is 11.7 Å². The molecule has 1 aromatic rings. The molecule has 0 aromatic carbocycles. The first-order chi connectivity index (χ1) is 9.47. The van der Waals surface area contributed by atoms with Crippen LogP contribution in [0.4, 0.5) is 5.82 Å². The van der Waals surface area contributed by atoms with Gasteiger partial charge in [-0.25, -0.2) is 4.98 Å². The van der Waals surface area contributed by atoms with Crippen molar-refractivity contribution in [2.75, 3.05) is 18.8 Å². The second-order valence-electron chi connectivity index (χ2n) is 6.08. The Kier molecular flexibility index (Phi) is 4.31. The van der Waals surface area contributed by atoms with E-state index in [4.69, 9.17) is 5.73 Å². The van der Waals surface area contributed by atoms with Crippen LogP contribution in [0.5, 0.6) is 0 Å². The number of rotatable bonds is 3. The summed E-state index contributed by atoms with van der Waals surface area (Å²) in [5.41, 5.74) is 7.73. The Morgan fingerprint density at radius 2 is 2.00 bits per heavy atom. The average Bonchev–Trinajstić information content (AvgIpc) is 2.46. The third-order valence-electron chi connectivity index (χ3n) is 4.62. The van der Waals surface area contributed by atoms with Crippen LogP contribution < -0.4 is 5.73 Å². The number of hydrogen-bond acceptors (Lipinski definition) is 3. The van der Waals surface area contributed by atoms with Gasteiger partial charge in [-0.05, 0) is 36.8 Å². The number of carbonyl (C=O) groups excluding carboxylic acids is 1. The van der Waals surface area contributed by atoms with Gasteiger partial charge >= 0.3 is 0 Å². The molecular formula is C16H25N3O. The number of aromatic nitrogens is 1. The lowest BCUT2D eigenvalue weighted by Gasteiger charge is -2.39. The summed E-state index contributed by atoms with van der Waals surface area (Å²) >= 11 is 0. The quantitative estimate of drug-likeness (QED) is 0.922. The smallest absolute Gasteiger partial charge is 0.254 e. The normalized spacial score (nSPS) is 18.1. The van der Waals surface area contributed by atoms with Crippen molar-refractivity contribution in [1.82, 2.24) is 9.88 Å². The molecule has 0 unspecified atom stereocenters. The Hall–Kier alpha value is -1.58. The zero-order chi connectivity index (χ0) is 14.8. The Morgan fingerprint density at radius 1 is 1.35 bits per heavy atom. The molecule has 1 aliphatic rings. The van der Waals surface area contributed by atoms with Crippen molar-refractivity contribution in [2.24, 2.45) is 5.41 Å². The van der Waals surface area contributed by atoms with Crippen LogP contribution in [-0.4, -0.2) is 28.9 Å². The summed E-state index contributed by atoms with van der Waals surface area (Å²) in [6, 6.07) is 3.56. The first-order valence-electron chi connectivity index (χ1n) is 7.53. The number of nitrogens with zero attached hydrogens (tertiary/aromatic N) is 2. The van der Waals surface area contributed by atoms with E-state index in [1.54, 1.807) is 6.07 Å². The van der Waals surface area contributed by atoms with Gasteiger partial charge < -0.3 is 10.6 Å². The van der Waals surface area contributed by atoms with E-state index >= 15 is 0 Å². The molecule has 2 N–H and O–H groups in total. The molecule has 110 valence electrons. The highest BCUT2D eigenvalue weighted by Gasteiger charge is 2.30. The molecule has 1 aromatic heterocycles. The molecule has 0 bridgehead atoms. The van der Waals surface area contributed by atoms with Crippen LogP contribution >= 0.6 is 0 Å². The number of piperidine rings is 1. The summed E-state index contributed by atoms with van der Waals surface area (Å²) in [5, 5.41) is 0. The number of nitrogens with two attached hydrogens (primary N) is 1. The Labute approximate surface area is 121 Å². The lowest BCUT2D eigenvalue weighted by atomic mass is 9.78. The molecule has 1 fully saturated rings. The summed E-state index contributed by atoms with van der Waals surface area (Å²) in [5.74, 6) is 0.523. The zero-order valence-electron chi connectivity index (χ0n) is 12.8. The van der Waals surface area contributed by atoms with Crippen molar-refractivity contribution in [3.63, 3.8) is 0 Å². The van der Waals surface area contributed by atoms with Crippen molar-refractivity contribution in [3.8, 4) is 0 Å². The third kappa shape index (κ3) is 3.11. The Balaban J connectivity index is 2.11. The molecule has 20 heavy (non-hydrogen) atoms. The van der Waals surface area contributed by atoms with Crippen LogP contribution in [0.1, 0.15) is 56.1 Å². The lowest BCUT2D eigenvalue weighted by molar-refractivity contribution is 0.0600. The molecular weight excluding hydrogens is 250 g/mol. The van der Waals surface area contributed by atoms with Gasteiger partial charge in [0.25, 0.3) is 5.91 Å². The first kappa shape index (κ1) is 14.8. The van der Waals surface area contributed by atoms with E-state index in [2.05, 4.69) is 18.8 Å². The summed E-state index contributed by atoms with van der Waals surface area (Å²) in [7, 11) is 0. The molecule has 0 radical (unpaired) electrons. The summed E-state index contributed by atoms with van der Waals surface area (Å²) in [6.07, 6.45) is 4.13. The first-order valence-corrected chi connectivity index (χ1v) is 7.53. The molecule has 2 heterocycles. The van der Waals surface area contributed by atoms with Crippen LogP contribution in [0.2, 0.25) is 0 Å². The fourth-order valence-electron chi connectivity index (χ4n) is 2.70. The minimum atomic E-state index is 0.0898. The molecule has 0 atom stereocenters. The van der Waals surface area contributed by atoms with Crippen LogP contribution in [0.15, 0.2) is 12.1 Å². The van der Waals surface area contributed by atoms with E-state index in [0.29, 0.717) is 16.8 Å². The SMILES string of the molecule is CCc1cc(C(=O)N2CCC(C)(CC)CC2)cc(N)n1. The fourth-order valence-corrected chi connectivity index (χ4v) is 2.70. The van der Waals surface area contributed by atoms with Gasteiger partial charge in [-0.2, -0.15) is 0 Å². The van der Waals surface area contributed by atoms with Crippen LogP contribution in [-0.2, 0) is 6.42 Å². The topological polar surface area (TPSA) is 59.2 Å². The van der Waals surface area contributed by atoms with Gasteiger partial charge in [-0.1, -0.05) is 27.2 Å². The second-order valence-corrected chi connectivity index (χ2v) is 6.08. The molecule has 2 rings (SSSR count). The highest BCUT2D eigenvalue weighted by Crippen LogP contribution is 2.34. The highest BCUT2D eigenvalue weighted by molar-refractivity contribution is 5.95. The zero-order valence-corrected chi connectivity index (χ0v) is 12.8. The predicted molar refractivity (Wildman–Crippen MR) is 81.6 cm³/mol. The molecule has 1 amide bonds. The van der Waals surface area contributed by atoms with Crippen molar-refractivity contribution in [1.29, 1.82) is 0 Å². The molecule has 4 nitrogen and oxygen atoms in total. The van der Waals surface area contributed by atoms with Gasteiger partial charge in [0.1, 0.15) is 5.82 Å². The number of amides is 1. The van der Waals surface area contributed by atoms with E-state index in [-0.39, 0.29) is 5.91 Å². The molecule has 4 heteroatoms. The molecule has 0 saturated carbocycles. The van der Waals surface area contributed by atoms with Crippen LogP contribution in [0.3, 0.4) is 0 Å². The van der Waals surface area contributed by atoms with E-state index in [1.165, 1.54) is 6.42 Å². The number of anilines is 1. The van der Waals surface area contributed by atoms with Gasteiger partial charge in [0, 0.05) is 24.3 Å². The number of aryl methyl sites for hydroxylation is 1. The second kappa shape index (κ2) is 5.81. The number of hydrogen-bond donors (Lipinski definition) is 1. The highest BCUT2D eigenvalue weighted by atomic mass is 16.2. The number of likely N-dealkylation sites (tertiary alicyclic amines) is 1. The van der Waals surface area contributed by atoms with Gasteiger partial charge in [-0.15, -0.1) is 0 Å². The molecule has 1 aliphatic heterocycles. The van der Waals surface area contributed by atoms with Crippen LogP contribution in [0, 0.1) is 5.41 Å². The Morgan fingerprint density at radius 3 is 2.55 bits per heavy atom. The fraction of sp³-hybridized carbons (Fsp3) is 0.625.